The van der Waals surface area contributed by atoms with Crippen molar-refractivity contribution in [1.82, 2.24) is 0 Å². The summed E-state index contributed by atoms with van der Waals surface area (Å²) >= 11 is 1.89. The molecule has 1 aliphatic rings. The molecule has 1 aromatic heterocycles. The topological polar surface area (TPSA) is 21.7 Å². The van der Waals surface area contributed by atoms with Gasteiger partial charge in [-0.25, -0.2) is 0 Å². The molecule has 0 radical (unpaired) electrons. The van der Waals surface area contributed by atoms with Gasteiger partial charge in [-0.15, -0.1) is 11.3 Å². The van der Waals surface area contributed by atoms with Gasteiger partial charge >= 0.3 is 0 Å². The van der Waals surface area contributed by atoms with Crippen LogP contribution in [0.5, 0.6) is 11.5 Å². The number of anilines is 3. The molecule has 1 heterocycles. The second kappa shape index (κ2) is 24.1. The van der Waals surface area contributed by atoms with Crippen LogP contribution in [0, 0.1) is 0 Å². The molecule has 0 saturated heterocycles. The van der Waals surface area contributed by atoms with Crippen LogP contribution in [0.1, 0.15) is 164 Å². The summed E-state index contributed by atoms with van der Waals surface area (Å²) in [7, 11) is 0. The lowest BCUT2D eigenvalue weighted by Crippen LogP contribution is -2.28. The second-order valence-electron chi connectivity index (χ2n) is 18.9. The minimum absolute atomic E-state index is 0.512. The van der Waals surface area contributed by atoms with E-state index in [4.69, 9.17) is 9.47 Å². The van der Waals surface area contributed by atoms with E-state index in [-0.39, 0.29) is 0 Å². The van der Waals surface area contributed by atoms with Gasteiger partial charge in [-0.3, -0.25) is 0 Å². The Morgan fingerprint density at radius 2 is 0.910 bits per heavy atom. The molecule has 0 N–H and O–H groups in total. The van der Waals surface area contributed by atoms with Crippen molar-refractivity contribution in [2.24, 2.45) is 0 Å². The fourth-order valence-electron chi connectivity index (χ4n) is 10.4. The number of thiophene rings is 1. The van der Waals surface area contributed by atoms with Crippen molar-refractivity contribution in [3.63, 3.8) is 0 Å². The van der Waals surface area contributed by atoms with E-state index in [0.29, 0.717) is 0 Å². The third-order valence-electron chi connectivity index (χ3n) is 14.1. The van der Waals surface area contributed by atoms with Crippen LogP contribution in [-0.2, 0) is 18.3 Å². The summed E-state index contributed by atoms with van der Waals surface area (Å²) < 4.78 is 12.6. The number of nitrogens with zero attached hydrogens (tertiary/aromatic N) is 1. The summed E-state index contributed by atoms with van der Waals surface area (Å²) in [6.45, 7) is 10.6. The van der Waals surface area contributed by atoms with Crippen LogP contribution >= 0.6 is 11.3 Å². The molecule has 0 aliphatic heterocycles. The van der Waals surface area contributed by atoms with Crippen molar-refractivity contribution >= 4 is 39.2 Å². The molecule has 8 rings (SSSR count). The standard InChI is InChI=1S/C63H75NO2S/c1-5-9-13-17-23-48-27-31-50(32-28-48)63(51-33-29-49(30-34-51)24-18-14-10-6-2)58-43-46-67-62(58)61-57-26-20-19-25-56(57)60(47-59(61)63)64(52-35-39-54(40-36-52)65-44-21-15-11-7-3)53-37-41-55(42-38-53)66-45-22-16-12-8-4/h19-20,25-43,46-47H,5-18,21-24,44-45H2,1-4H3. The van der Waals surface area contributed by atoms with Gasteiger partial charge in [0.1, 0.15) is 11.5 Å². The first-order valence-corrected chi connectivity index (χ1v) is 27.1. The number of hydrogen-bond acceptors (Lipinski definition) is 4. The van der Waals surface area contributed by atoms with Crippen molar-refractivity contribution in [3.8, 4) is 21.9 Å². The fourth-order valence-corrected chi connectivity index (χ4v) is 11.4. The average Bonchev–Trinajstić information content (AvgIpc) is 3.96. The van der Waals surface area contributed by atoms with Crippen molar-refractivity contribution in [3.05, 3.63) is 172 Å². The zero-order chi connectivity index (χ0) is 46.3. The zero-order valence-electron chi connectivity index (χ0n) is 41.1. The molecular formula is C63H75NO2S. The lowest BCUT2D eigenvalue weighted by atomic mass is 9.67. The Labute approximate surface area is 407 Å². The van der Waals surface area contributed by atoms with Gasteiger partial charge in [-0.2, -0.15) is 0 Å². The van der Waals surface area contributed by atoms with Gasteiger partial charge in [0.2, 0.25) is 0 Å². The SMILES string of the molecule is CCCCCCOc1ccc(N(c2ccc(OCCCCCC)cc2)c2cc3c(c4ccccc24)-c2sccc2C3(c2ccc(CCCCCC)cc2)c2ccc(CCCCCC)cc2)cc1. The van der Waals surface area contributed by atoms with Crippen LogP contribution in [0.4, 0.5) is 17.1 Å². The summed E-state index contributed by atoms with van der Waals surface area (Å²) in [5, 5.41) is 4.83. The van der Waals surface area contributed by atoms with E-state index in [0.717, 1.165) is 67.5 Å². The molecule has 6 aromatic carbocycles. The molecule has 3 nitrogen and oxygen atoms in total. The highest BCUT2D eigenvalue weighted by Gasteiger charge is 2.48. The highest BCUT2D eigenvalue weighted by Crippen LogP contribution is 2.61. The Morgan fingerprint density at radius 1 is 0.448 bits per heavy atom. The summed E-state index contributed by atoms with van der Waals surface area (Å²) in [5.41, 5.74) is 12.4. The molecule has 0 saturated carbocycles. The molecule has 0 atom stereocenters. The molecular weight excluding hydrogens is 835 g/mol. The fraction of sp³-hybridized carbons (Fsp3) is 0.397. The number of hydrogen-bond donors (Lipinski definition) is 0. The van der Waals surface area contributed by atoms with Gasteiger partial charge in [0.05, 0.1) is 24.3 Å². The highest BCUT2D eigenvalue weighted by molar-refractivity contribution is 7.14. The molecule has 67 heavy (non-hydrogen) atoms. The maximum Gasteiger partial charge on any atom is 0.119 e. The van der Waals surface area contributed by atoms with Crippen LogP contribution in [0.25, 0.3) is 21.2 Å². The maximum absolute atomic E-state index is 6.31. The normalized spacial score (nSPS) is 12.6. The number of aryl methyl sites for hydroxylation is 2. The van der Waals surface area contributed by atoms with E-state index in [9.17, 15) is 0 Å². The first-order valence-electron chi connectivity index (χ1n) is 26.2. The first kappa shape index (κ1) is 48.1. The minimum Gasteiger partial charge on any atom is -0.494 e. The van der Waals surface area contributed by atoms with E-state index in [1.54, 1.807) is 0 Å². The van der Waals surface area contributed by atoms with E-state index in [1.165, 1.54) is 144 Å². The number of benzene rings is 6. The lowest BCUT2D eigenvalue weighted by molar-refractivity contribution is 0.305. The van der Waals surface area contributed by atoms with Crippen molar-refractivity contribution < 1.29 is 9.47 Å². The third-order valence-corrected chi connectivity index (χ3v) is 15.0. The van der Waals surface area contributed by atoms with Gasteiger partial charge < -0.3 is 14.4 Å². The Hall–Kier alpha value is -5.32. The number of rotatable bonds is 27. The van der Waals surface area contributed by atoms with E-state index in [1.807, 2.05) is 11.3 Å². The van der Waals surface area contributed by atoms with Gasteiger partial charge in [-0.05, 0) is 143 Å². The van der Waals surface area contributed by atoms with Crippen molar-refractivity contribution in [1.29, 1.82) is 0 Å². The molecule has 0 amide bonds. The molecule has 4 heteroatoms. The molecule has 0 spiro atoms. The molecule has 1 aliphatic carbocycles. The van der Waals surface area contributed by atoms with E-state index < -0.39 is 5.41 Å². The lowest BCUT2D eigenvalue weighted by Gasteiger charge is -2.35. The van der Waals surface area contributed by atoms with Crippen LogP contribution < -0.4 is 14.4 Å². The summed E-state index contributed by atoms with van der Waals surface area (Å²) in [6, 6.07) is 51.2. The van der Waals surface area contributed by atoms with E-state index >= 15 is 0 Å². The zero-order valence-corrected chi connectivity index (χ0v) is 41.9. The van der Waals surface area contributed by atoms with Crippen LogP contribution in [0.3, 0.4) is 0 Å². The predicted octanol–water partition coefficient (Wildman–Crippen LogP) is 18.9. The van der Waals surface area contributed by atoms with E-state index in [2.05, 4.69) is 171 Å². The van der Waals surface area contributed by atoms with Crippen LogP contribution in [0.15, 0.2) is 139 Å². The van der Waals surface area contributed by atoms with Crippen molar-refractivity contribution in [2.75, 3.05) is 18.1 Å². The smallest absolute Gasteiger partial charge is 0.119 e. The highest BCUT2D eigenvalue weighted by atomic mass is 32.1. The third kappa shape index (κ3) is 11.0. The number of unbranched alkanes of at least 4 members (excludes halogenated alkanes) is 12. The van der Waals surface area contributed by atoms with Gasteiger partial charge in [0.15, 0.2) is 0 Å². The Balaban J connectivity index is 1.29. The van der Waals surface area contributed by atoms with Crippen molar-refractivity contribution in [2.45, 2.75) is 149 Å². The maximum atomic E-state index is 6.31. The van der Waals surface area contributed by atoms with Gasteiger partial charge in [0.25, 0.3) is 0 Å². The van der Waals surface area contributed by atoms with Gasteiger partial charge in [0, 0.05) is 27.2 Å². The Kier molecular flexibility index (Phi) is 17.3. The Bertz CT molecular complexity index is 2460. The number of ether oxygens (including phenoxy) is 2. The predicted molar refractivity (Wildman–Crippen MR) is 289 cm³/mol. The average molecular weight is 910 g/mol. The largest absolute Gasteiger partial charge is 0.494 e. The minimum atomic E-state index is -0.512. The summed E-state index contributed by atoms with van der Waals surface area (Å²) in [5.74, 6) is 1.83. The summed E-state index contributed by atoms with van der Waals surface area (Å²) in [6.07, 6.45) is 21.9. The molecule has 0 unspecified atom stereocenters. The second-order valence-corrected chi connectivity index (χ2v) is 19.8. The van der Waals surface area contributed by atoms with Crippen LogP contribution in [-0.4, -0.2) is 13.2 Å². The molecule has 350 valence electrons. The molecule has 0 bridgehead atoms. The first-order chi connectivity index (χ1) is 33.1. The number of fused-ring (bicyclic) bond motifs is 5. The quantitative estimate of drug-likeness (QED) is 0.0480. The molecule has 0 fully saturated rings. The van der Waals surface area contributed by atoms with Crippen LogP contribution in [0.2, 0.25) is 0 Å². The summed E-state index contributed by atoms with van der Waals surface area (Å²) in [4.78, 5) is 3.84. The Morgan fingerprint density at radius 3 is 1.39 bits per heavy atom. The monoisotopic (exact) mass is 910 g/mol. The molecule has 7 aromatic rings. The van der Waals surface area contributed by atoms with Gasteiger partial charge in [-0.1, -0.05) is 178 Å².